The van der Waals surface area contributed by atoms with Crippen molar-refractivity contribution in [1.29, 1.82) is 0 Å². The summed E-state index contributed by atoms with van der Waals surface area (Å²) in [5, 5.41) is 0.876. The molecule has 102 valence electrons. The van der Waals surface area contributed by atoms with E-state index in [4.69, 9.17) is 9.47 Å². The smallest absolute Gasteiger partial charge is 0.434 e. The number of rotatable bonds is 4. The molecule has 1 aromatic heterocycles. The largest absolute Gasteiger partial charge is 0.494 e. The Balaban J connectivity index is 2.06. The van der Waals surface area contributed by atoms with Crippen LogP contribution in [-0.4, -0.2) is 11.6 Å². The van der Waals surface area contributed by atoms with E-state index in [2.05, 4.69) is 4.98 Å². The molecule has 0 saturated carbocycles. The van der Waals surface area contributed by atoms with Crippen LogP contribution in [0.15, 0.2) is 29.6 Å². The van der Waals surface area contributed by atoms with Gasteiger partial charge in [0.05, 0.1) is 6.61 Å². The van der Waals surface area contributed by atoms with Crippen molar-refractivity contribution in [2.75, 3.05) is 6.61 Å². The number of alkyl halides is 3. The summed E-state index contributed by atoms with van der Waals surface area (Å²) in [5.74, 6) is 1.08. The summed E-state index contributed by atoms with van der Waals surface area (Å²) >= 11 is 0.801. The summed E-state index contributed by atoms with van der Waals surface area (Å²) in [5.41, 5.74) is -0.946. The van der Waals surface area contributed by atoms with Gasteiger partial charge in [-0.15, -0.1) is 0 Å². The Hall–Kier alpha value is -1.76. The van der Waals surface area contributed by atoms with E-state index >= 15 is 0 Å². The first-order valence-corrected chi connectivity index (χ1v) is 6.30. The van der Waals surface area contributed by atoms with Gasteiger partial charge in [-0.3, -0.25) is 0 Å². The van der Waals surface area contributed by atoms with Crippen LogP contribution in [0.3, 0.4) is 0 Å². The Morgan fingerprint density at radius 1 is 1.16 bits per heavy atom. The van der Waals surface area contributed by atoms with Crippen LogP contribution in [0.1, 0.15) is 12.6 Å². The molecule has 0 unspecified atom stereocenters. The lowest BCUT2D eigenvalue weighted by Gasteiger charge is -2.05. The molecule has 0 saturated heterocycles. The second-order valence-electron chi connectivity index (χ2n) is 3.50. The number of hydrogen-bond acceptors (Lipinski definition) is 4. The molecule has 3 nitrogen and oxygen atoms in total. The third-order valence-electron chi connectivity index (χ3n) is 2.11. The van der Waals surface area contributed by atoms with Gasteiger partial charge in [0.15, 0.2) is 5.69 Å². The second-order valence-corrected chi connectivity index (χ2v) is 4.32. The summed E-state index contributed by atoms with van der Waals surface area (Å²) in [7, 11) is 0. The van der Waals surface area contributed by atoms with Crippen LogP contribution in [0, 0.1) is 0 Å². The normalized spacial score (nSPS) is 11.4. The minimum atomic E-state index is -4.45. The highest BCUT2D eigenvalue weighted by molar-refractivity contribution is 7.11. The Labute approximate surface area is 111 Å². The molecule has 0 amide bonds. The lowest BCUT2D eigenvalue weighted by molar-refractivity contribution is -0.140. The van der Waals surface area contributed by atoms with E-state index in [0.29, 0.717) is 18.1 Å². The van der Waals surface area contributed by atoms with E-state index in [1.54, 1.807) is 24.3 Å². The van der Waals surface area contributed by atoms with Gasteiger partial charge in [-0.25, -0.2) is 0 Å². The zero-order chi connectivity index (χ0) is 13.9. The van der Waals surface area contributed by atoms with Crippen molar-refractivity contribution in [3.05, 3.63) is 35.3 Å². The molecule has 19 heavy (non-hydrogen) atoms. The molecule has 0 fully saturated rings. The lowest BCUT2D eigenvalue weighted by Crippen LogP contribution is -2.04. The van der Waals surface area contributed by atoms with E-state index < -0.39 is 11.9 Å². The average molecular weight is 289 g/mol. The maximum absolute atomic E-state index is 12.3. The molecule has 0 radical (unpaired) electrons. The fraction of sp³-hybridized carbons (Fsp3) is 0.250. The highest BCUT2D eigenvalue weighted by Gasteiger charge is 2.34. The Morgan fingerprint density at radius 2 is 1.79 bits per heavy atom. The highest BCUT2D eigenvalue weighted by Crippen LogP contribution is 2.34. The van der Waals surface area contributed by atoms with E-state index in [-0.39, 0.29) is 5.19 Å². The van der Waals surface area contributed by atoms with Crippen molar-refractivity contribution >= 4 is 11.3 Å². The van der Waals surface area contributed by atoms with Crippen molar-refractivity contribution in [2.45, 2.75) is 13.1 Å². The molecule has 1 heterocycles. The quantitative estimate of drug-likeness (QED) is 0.838. The van der Waals surface area contributed by atoms with E-state index in [9.17, 15) is 13.2 Å². The van der Waals surface area contributed by atoms with Gasteiger partial charge < -0.3 is 9.47 Å². The Morgan fingerprint density at radius 3 is 2.32 bits per heavy atom. The van der Waals surface area contributed by atoms with Crippen LogP contribution in [0.4, 0.5) is 13.2 Å². The van der Waals surface area contributed by atoms with E-state index in [0.717, 1.165) is 16.7 Å². The molecule has 0 atom stereocenters. The van der Waals surface area contributed by atoms with Gasteiger partial charge in [0, 0.05) is 5.38 Å². The zero-order valence-corrected chi connectivity index (χ0v) is 10.7. The molecule has 7 heteroatoms. The molecular formula is C12H10F3NO2S. The van der Waals surface area contributed by atoms with Crippen LogP contribution < -0.4 is 9.47 Å². The first-order valence-electron chi connectivity index (χ1n) is 5.42. The lowest BCUT2D eigenvalue weighted by atomic mass is 10.3. The van der Waals surface area contributed by atoms with Crippen molar-refractivity contribution in [3.63, 3.8) is 0 Å². The molecule has 0 aliphatic heterocycles. The minimum absolute atomic E-state index is 0.0449. The van der Waals surface area contributed by atoms with Crippen molar-refractivity contribution in [2.24, 2.45) is 0 Å². The summed E-state index contributed by atoms with van der Waals surface area (Å²) < 4.78 is 47.5. The number of nitrogens with zero attached hydrogens (tertiary/aromatic N) is 1. The highest BCUT2D eigenvalue weighted by atomic mass is 32.1. The standard InChI is InChI=1S/C12H10F3NO2S/c1-2-17-8-3-5-9(6-4-8)18-11-16-10(7-19-11)12(13,14)15/h3-7H,2H2,1H3. The molecule has 1 aromatic carbocycles. The molecule has 2 rings (SSSR count). The number of ether oxygens (including phenoxy) is 2. The van der Waals surface area contributed by atoms with Crippen LogP contribution in [-0.2, 0) is 6.18 Å². The molecule has 0 bridgehead atoms. The van der Waals surface area contributed by atoms with Crippen molar-refractivity contribution < 1.29 is 22.6 Å². The van der Waals surface area contributed by atoms with Gasteiger partial charge in [0.2, 0.25) is 0 Å². The first kappa shape index (κ1) is 13.7. The van der Waals surface area contributed by atoms with Gasteiger partial charge >= 0.3 is 6.18 Å². The Kier molecular flexibility index (Phi) is 3.94. The maximum Gasteiger partial charge on any atom is 0.434 e. The molecule has 0 N–H and O–H groups in total. The number of benzene rings is 1. The van der Waals surface area contributed by atoms with Crippen LogP contribution in [0.2, 0.25) is 0 Å². The zero-order valence-electron chi connectivity index (χ0n) is 9.90. The van der Waals surface area contributed by atoms with Gasteiger partial charge in [-0.1, -0.05) is 11.3 Å². The minimum Gasteiger partial charge on any atom is -0.494 e. The number of thiazole rings is 1. The Bertz CT molecular complexity index is 537. The second kappa shape index (κ2) is 5.48. The van der Waals surface area contributed by atoms with Crippen molar-refractivity contribution in [1.82, 2.24) is 4.98 Å². The SMILES string of the molecule is CCOc1ccc(Oc2nc(C(F)(F)F)cs2)cc1. The molecular weight excluding hydrogens is 279 g/mol. The van der Waals surface area contributed by atoms with Gasteiger partial charge in [0.25, 0.3) is 5.19 Å². The van der Waals surface area contributed by atoms with Gasteiger partial charge in [-0.2, -0.15) is 18.2 Å². The van der Waals surface area contributed by atoms with E-state index in [1.807, 2.05) is 6.92 Å². The molecule has 0 aliphatic carbocycles. The maximum atomic E-state index is 12.3. The molecule has 2 aromatic rings. The first-order chi connectivity index (χ1) is 8.99. The fourth-order valence-corrected chi connectivity index (χ4v) is 2.00. The monoisotopic (exact) mass is 289 g/mol. The van der Waals surface area contributed by atoms with Crippen molar-refractivity contribution in [3.8, 4) is 16.7 Å². The third kappa shape index (κ3) is 3.60. The number of hydrogen-bond donors (Lipinski definition) is 0. The third-order valence-corrected chi connectivity index (χ3v) is 2.83. The predicted molar refractivity (Wildman–Crippen MR) is 64.8 cm³/mol. The van der Waals surface area contributed by atoms with E-state index in [1.165, 1.54) is 0 Å². The molecule has 0 spiro atoms. The average Bonchev–Trinajstić information content (AvgIpc) is 2.80. The van der Waals surface area contributed by atoms with Gasteiger partial charge in [-0.05, 0) is 31.2 Å². The van der Waals surface area contributed by atoms with Gasteiger partial charge in [0.1, 0.15) is 11.5 Å². The summed E-state index contributed by atoms with van der Waals surface area (Å²) in [6.45, 7) is 2.40. The summed E-state index contributed by atoms with van der Waals surface area (Å²) in [6, 6.07) is 6.58. The fourth-order valence-electron chi connectivity index (χ4n) is 1.31. The van der Waals surface area contributed by atoms with Crippen LogP contribution in [0.25, 0.3) is 0 Å². The molecule has 0 aliphatic rings. The number of halogens is 3. The predicted octanol–water partition coefficient (Wildman–Crippen LogP) is 4.35. The number of aromatic nitrogens is 1. The van der Waals surface area contributed by atoms with Crippen LogP contribution in [0.5, 0.6) is 16.7 Å². The summed E-state index contributed by atoms with van der Waals surface area (Å²) in [4.78, 5) is 3.38. The van der Waals surface area contributed by atoms with Crippen LogP contribution >= 0.6 is 11.3 Å². The topological polar surface area (TPSA) is 31.4 Å². The summed E-state index contributed by atoms with van der Waals surface area (Å²) in [6.07, 6.45) is -4.45.